The summed E-state index contributed by atoms with van der Waals surface area (Å²) in [5.41, 5.74) is 0. The Morgan fingerprint density at radius 3 is 2.81 bits per heavy atom. The summed E-state index contributed by atoms with van der Waals surface area (Å²) in [5, 5.41) is 13.3. The molecule has 9 heteroatoms. The van der Waals surface area contributed by atoms with Crippen molar-refractivity contribution in [2.75, 3.05) is 26.4 Å². The van der Waals surface area contributed by atoms with Crippen LogP contribution in [-0.2, 0) is 12.3 Å². The van der Waals surface area contributed by atoms with E-state index >= 15 is 0 Å². The summed E-state index contributed by atoms with van der Waals surface area (Å²) in [6.45, 7) is 1.42. The molecule has 1 aromatic rings. The van der Waals surface area contributed by atoms with Crippen molar-refractivity contribution >= 4 is 75.8 Å². The van der Waals surface area contributed by atoms with E-state index in [1.807, 2.05) is 26.2 Å². The molecule has 0 fully saturated rings. The number of thiol groups is 1. The summed E-state index contributed by atoms with van der Waals surface area (Å²) in [6.07, 6.45) is 0.841. The zero-order valence-electron chi connectivity index (χ0n) is 12.5. The number of rotatable bonds is 9. The third-order valence-electron chi connectivity index (χ3n) is 2.21. The van der Waals surface area contributed by atoms with Gasteiger partial charge in [0.05, 0.1) is 17.2 Å². The van der Waals surface area contributed by atoms with Crippen molar-refractivity contribution in [2.45, 2.75) is 12.3 Å². The van der Waals surface area contributed by atoms with Crippen molar-refractivity contribution in [2.24, 2.45) is 0 Å². The second kappa shape index (κ2) is 12.0. The summed E-state index contributed by atoms with van der Waals surface area (Å²) >= 11 is 5.65. The minimum Gasteiger partial charge on any atom is -0.464 e. The van der Waals surface area contributed by atoms with Crippen LogP contribution in [0, 0.1) is 10.1 Å². The smallest absolute Gasteiger partial charge is 0.263 e. The predicted octanol–water partition coefficient (Wildman–Crippen LogP) is 1.79. The molecule has 0 aliphatic rings. The first kappa shape index (κ1) is 21.5. The van der Waals surface area contributed by atoms with Gasteiger partial charge in [-0.25, -0.2) is 0 Å². The molecule has 0 atom stereocenters. The molecule has 0 aliphatic carbocycles. The van der Waals surface area contributed by atoms with Gasteiger partial charge >= 0.3 is 0 Å². The number of thioether (sulfide) groups is 1. The molecule has 0 unspecified atom stereocenters. The summed E-state index contributed by atoms with van der Waals surface area (Å²) in [7, 11) is 3.99. The van der Waals surface area contributed by atoms with Gasteiger partial charge in [0, 0.05) is 63.7 Å². The Kier molecular flexibility index (Phi) is 12.3. The molecule has 113 valence electrons. The molecule has 1 radical (unpaired) electrons. The Hall–Kier alpha value is 0.516. The molecule has 0 aliphatic heterocycles. The molecular formula is C12H19KN3O3S2. The van der Waals surface area contributed by atoms with Gasteiger partial charge in [-0.2, -0.15) is 11.8 Å². The zero-order valence-corrected chi connectivity index (χ0v) is 17.4. The zero-order chi connectivity index (χ0) is 15.0. The molecule has 0 bridgehead atoms. The van der Waals surface area contributed by atoms with Crippen LogP contribution >= 0.6 is 24.4 Å². The van der Waals surface area contributed by atoms with E-state index in [-0.39, 0.29) is 56.4 Å². The van der Waals surface area contributed by atoms with Crippen LogP contribution in [0.15, 0.2) is 27.8 Å². The van der Waals surface area contributed by atoms with Crippen molar-refractivity contribution in [3.63, 3.8) is 0 Å². The number of hydrogen-bond acceptors (Lipinski definition) is 7. The number of hydrogen-bond donors (Lipinski definition) is 2. The van der Waals surface area contributed by atoms with Crippen molar-refractivity contribution in [1.29, 1.82) is 0 Å². The van der Waals surface area contributed by atoms with Crippen molar-refractivity contribution < 1.29 is 9.34 Å². The van der Waals surface area contributed by atoms with E-state index in [9.17, 15) is 10.1 Å². The Balaban J connectivity index is 0.00000400. The van der Waals surface area contributed by atoms with Gasteiger partial charge < -0.3 is 14.6 Å². The summed E-state index contributed by atoms with van der Waals surface area (Å²) in [5.74, 6) is 3.50. The van der Waals surface area contributed by atoms with Gasteiger partial charge in [0.2, 0.25) is 0 Å². The van der Waals surface area contributed by atoms with Crippen LogP contribution in [0.5, 0.6) is 0 Å². The quantitative estimate of drug-likeness (QED) is 0.231. The molecule has 0 aromatic carbocycles. The molecule has 0 saturated heterocycles. The first-order chi connectivity index (χ1) is 9.47. The Morgan fingerprint density at radius 2 is 2.19 bits per heavy atom. The van der Waals surface area contributed by atoms with Gasteiger partial charge in [0.25, 0.3) is 6.20 Å². The van der Waals surface area contributed by atoms with E-state index in [1.54, 1.807) is 11.8 Å². The monoisotopic (exact) mass is 356 g/mol. The normalized spacial score (nSPS) is 11.3. The molecule has 21 heavy (non-hydrogen) atoms. The average Bonchev–Trinajstić information content (AvgIpc) is 2.74. The maximum Gasteiger partial charge on any atom is 0.263 e. The standard InChI is InChI=1S/C12H19N3O3S2.K/c1-14(2)7-10-3-4-11(18-10)9-20-6-5-13-12(19)8-15(16)17;/h3-4,8,13,19H,5-7,9H2,1-2H3;. The second-order valence-corrected chi connectivity index (χ2v) is 5.97. The Morgan fingerprint density at radius 1 is 1.52 bits per heavy atom. The van der Waals surface area contributed by atoms with E-state index in [1.165, 1.54) is 0 Å². The van der Waals surface area contributed by atoms with Crippen LogP contribution in [0.4, 0.5) is 0 Å². The minimum absolute atomic E-state index is 0. The van der Waals surface area contributed by atoms with Crippen LogP contribution in [-0.4, -0.2) is 87.6 Å². The maximum absolute atomic E-state index is 10.2. The fourth-order valence-electron chi connectivity index (χ4n) is 1.47. The average molecular weight is 357 g/mol. The maximum atomic E-state index is 10.2. The van der Waals surface area contributed by atoms with Crippen LogP contribution in [0.25, 0.3) is 0 Å². The largest absolute Gasteiger partial charge is 0.464 e. The van der Waals surface area contributed by atoms with E-state index in [0.29, 0.717) is 6.54 Å². The summed E-state index contributed by atoms with van der Waals surface area (Å²) in [4.78, 5) is 11.7. The number of nitro groups is 1. The van der Waals surface area contributed by atoms with Gasteiger partial charge in [-0.1, -0.05) is 0 Å². The summed E-state index contributed by atoms with van der Waals surface area (Å²) < 4.78 is 5.68. The topological polar surface area (TPSA) is 71.5 Å². The van der Waals surface area contributed by atoms with Gasteiger partial charge in [-0.15, -0.1) is 12.6 Å². The van der Waals surface area contributed by atoms with E-state index < -0.39 is 4.92 Å². The molecule has 1 heterocycles. The second-order valence-electron chi connectivity index (χ2n) is 4.38. The predicted molar refractivity (Wildman–Crippen MR) is 90.1 cm³/mol. The van der Waals surface area contributed by atoms with Crippen molar-refractivity contribution in [3.8, 4) is 0 Å². The molecular weight excluding hydrogens is 337 g/mol. The molecule has 6 nitrogen and oxygen atoms in total. The SMILES string of the molecule is CN(C)Cc1ccc(CSCCNC(S)=C[N+](=O)[O-])o1.[K]. The number of nitrogens with one attached hydrogen (secondary N) is 1. The Labute approximate surface area is 177 Å². The van der Waals surface area contributed by atoms with E-state index in [4.69, 9.17) is 4.42 Å². The van der Waals surface area contributed by atoms with Crippen LogP contribution < -0.4 is 5.32 Å². The van der Waals surface area contributed by atoms with Gasteiger partial charge in [0.15, 0.2) is 0 Å². The van der Waals surface area contributed by atoms with E-state index in [2.05, 4.69) is 22.8 Å². The number of furan rings is 1. The molecule has 1 N–H and O–H groups in total. The molecule has 1 rings (SSSR count). The first-order valence-electron chi connectivity index (χ1n) is 6.05. The molecule has 0 amide bonds. The number of nitrogens with zero attached hydrogens (tertiary/aromatic N) is 2. The van der Waals surface area contributed by atoms with Crippen LogP contribution in [0.3, 0.4) is 0 Å². The van der Waals surface area contributed by atoms with Gasteiger partial charge in [0.1, 0.15) is 16.5 Å². The minimum atomic E-state index is -0.530. The van der Waals surface area contributed by atoms with Gasteiger partial charge in [-0.3, -0.25) is 10.1 Å². The van der Waals surface area contributed by atoms with E-state index in [0.717, 1.165) is 35.8 Å². The van der Waals surface area contributed by atoms with Crippen molar-refractivity contribution in [3.05, 3.63) is 45.0 Å². The summed E-state index contributed by atoms with van der Waals surface area (Å²) in [6, 6.07) is 3.97. The van der Waals surface area contributed by atoms with Gasteiger partial charge in [-0.05, 0) is 26.2 Å². The fraction of sp³-hybridized carbons (Fsp3) is 0.500. The van der Waals surface area contributed by atoms with Crippen LogP contribution in [0.1, 0.15) is 11.5 Å². The third kappa shape index (κ3) is 10.8. The fourth-order valence-corrected chi connectivity index (χ4v) is 2.42. The molecule has 1 aromatic heterocycles. The first-order valence-corrected chi connectivity index (χ1v) is 7.66. The van der Waals surface area contributed by atoms with Crippen LogP contribution in [0.2, 0.25) is 0 Å². The third-order valence-corrected chi connectivity index (χ3v) is 3.47. The Bertz CT molecular complexity index is 466. The molecule has 0 saturated carbocycles. The van der Waals surface area contributed by atoms with Crippen molar-refractivity contribution in [1.82, 2.24) is 10.2 Å². The molecule has 0 spiro atoms.